The second-order valence-corrected chi connectivity index (χ2v) is 9.82. The van der Waals surface area contributed by atoms with Crippen LogP contribution in [-0.4, -0.2) is 35.4 Å². The molecule has 29 heavy (non-hydrogen) atoms. The number of nitrogens with zero attached hydrogens (tertiary/aromatic N) is 2. The van der Waals surface area contributed by atoms with Crippen LogP contribution >= 0.6 is 11.8 Å². The van der Waals surface area contributed by atoms with Gasteiger partial charge in [0.05, 0.1) is 12.5 Å². The highest BCUT2D eigenvalue weighted by atomic mass is 32.2. The third-order valence-electron chi connectivity index (χ3n) is 5.83. The molecule has 6 heteroatoms. The molecule has 1 aromatic carbocycles. The van der Waals surface area contributed by atoms with E-state index >= 15 is 0 Å². The zero-order chi connectivity index (χ0) is 21.0. The molecule has 2 unspecified atom stereocenters. The maximum absolute atomic E-state index is 12.8. The molecule has 2 aliphatic rings. The van der Waals surface area contributed by atoms with Gasteiger partial charge >= 0.3 is 5.97 Å². The van der Waals surface area contributed by atoms with Crippen molar-refractivity contribution in [3.05, 3.63) is 29.8 Å². The van der Waals surface area contributed by atoms with Gasteiger partial charge in [0, 0.05) is 23.9 Å². The lowest BCUT2D eigenvalue weighted by molar-refractivity contribution is -0.143. The van der Waals surface area contributed by atoms with E-state index in [1.807, 2.05) is 31.2 Å². The number of hydrogen-bond donors (Lipinski definition) is 0. The molecule has 1 heterocycles. The van der Waals surface area contributed by atoms with Crippen LogP contribution in [0, 0.1) is 11.3 Å². The summed E-state index contributed by atoms with van der Waals surface area (Å²) in [6.45, 7) is 9.58. The SMILES string of the molecule is CCOC(=O)CCc1ccc(N(CC)C2=NC(=O)C3CC(C)(C)CCC3S2)cc1. The van der Waals surface area contributed by atoms with Crippen LogP contribution in [0.4, 0.5) is 5.69 Å². The third-order valence-corrected chi connectivity index (χ3v) is 7.21. The first-order chi connectivity index (χ1) is 13.8. The van der Waals surface area contributed by atoms with Crippen LogP contribution in [0.2, 0.25) is 0 Å². The largest absolute Gasteiger partial charge is 0.466 e. The van der Waals surface area contributed by atoms with E-state index in [4.69, 9.17) is 4.74 Å². The molecule has 3 rings (SSSR count). The van der Waals surface area contributed by atoms with E-state index in [2.05, 4.69) is 30.7 Å². The Kier molecular flexibility index (Phi) is 7.04. The number of fused-ring (bicyclic) bond motifs is 1. The van der Waals surface area contributed by atoms with E-state index in [-0.39, 0.29) is 23.2 Å². The van der Waals surface area contributed by atoms with E-state index in [1.54, 1.807) is 11.8 Å². The summed E-state index contributed by atoms with van der Waals surface area (Å²) in [6, 6.07) is 8.18. The highest BCUT2D eigenvalue weighted by molar-refractivity contribution is 8.14. The molecule has 1 saturated carbocycles. The first-order valence-electron chi connectivity index (χ1n) is 10.6. The van der Waals surface area contributed by atoms with Gasteiger partial charge in [-0.3, -0.25) is 9.59 Å². The number of carbonyl (C=O) groups excluding carboxylic acids is 2. The second kappa shape index (κ2) is 9.33. The maximum Gasteiger partial charge on any atom is 0.306 e. The summed E-state index contributed by atoms with van der Waals surface area (Å²) in [5.74, 6) is -0.0686. The van der Waals surface area contributed by atoms with Gasteiger partial charge in [-0.25, -0.2) is 0 Å². The van der Waals surface area contributed by atoms with Gasteiger partial charge in [-0.15, -0.1) is 0 Å². The van der Waals surface area contributed by atoms with Crippen molar-refractivity contribution in [1.29, 1.82) is 0 Å². The number of ether oxygens (including phenoxy) is 1. The Hall–Kier alpha value is -1.82. The van der Waals surface area contributed by atoms with E-state index in [1.165, 1.54) is 0 Å². The fraction of sp³-hybridized carbons (Fsp3) is 0.609. The van der Waals surface area contributed by atoms with Gasteiger partial charge in [-0.2, -0.15) is 4.99 Å². The Balaban J connectivity index is 1.69. The Bertz CT molecular complexity index is 773. The molecule has 1 fully saturated rings. The van der Waals surface area contributed by atoms with Crippen molar-refractivity contribution in [2.45, 2.75) is 65.0 Å². The number of hydrogen-bond acceptors (Lipinski definition) is 5. The zero-order valence-electron chi connectivity index (χ0n) is 17.9. The van der Waals surface area contributed by atoms with Crippen LogP contribution in [-0.2, 0) is 20.7 Å². The number of esters is 1. The first kappa shape index (κ1) is 21.9. The lowest BCUT2D eigenvalue weighted by Gasteiger charge is -2.42. The average molecular weight is 417 g/mol. The molecule has 0 saturated heterocycles. The minimum atomic E-state index is -0.163. The predicted molar refractivity (Wildman–Crippen MR) is 119 cm³/mol. The Labute approximate surface area is 178 Å². The molecular formula is C23H32N2O3S. The fourth-order valence-corrected chi connectivity index (χ4v) is 5.55. The first-order valence-corrected chi connectivity index (χ1v) is 11.5. The van der Waals surface area contributed by atoms with Gasteiger partial charge in [0.1, 0.15) is 0 Å². The molecule has 1 aliphatic carbocycles. The molecule has 1 aliphatic heterocycles. The number of benzene rings is 1. The number of aliphatic imine (C=N–C) groups is 1. The van der Waals surface area contributed by atoms with Gasteiger partial charge in [-0.05, 0) is 62.6 Å². The molecule has 0 aromatic heterocycles. The summed E-state index contributed by atoms with van der Waals surface area (Å²) >= 11 is 1.77. The van der Waals surface area contributed by atoms with Crippen LogP contribution < -0.4 is 4.90 Å². The number of amidine groups is 1. The highest BCUT2D eigenvalue weighted by Crippen LogP contribution is 2.46. The average Bonchev–Trinajstić information content (AvgIpc) is 2.68. The molecule has 0 radical (unpaired) electrons. The highest BCUT2D eigenvalue weighted by Gasteiger charge is 2.43. The maximum atomic E-state index is 12.8. The number of rotatable bonds is 6. The van der Waals surface area contributed by atoms with Crippen molar-refractivity contribution in [1.82, 2.24) is 0 Å². The molecule has 1 amide bonds. The van der Waals surface area contributed by atoms with Crippen LogP contribution in [0.1, 0.15) is 58.9 Å². The van der Waals surface area contributed by atoms with E-state index in [9.17, 15) is 9.59 Å². The second-order valence-electron chi connectivity index (χ2n) is 8.62. The minimum absolute atomic E-state index is 0.0426. The minimum Gasteiger partial charge on any atom is -0.466 e. The third kappa shape index (κ3) is 5.41. The predicted octanol–water partition coefficient (Wildman–Crippen LogP) is 4.83. The van der Waals surface area contributed by atoms with Gasteiger partial charge in [0.15, 0.2) is 5.17 Å². The van der Waals surface area contributed by atoms with Crippen molar-refractivity contribution in [3.63, 3.8) is 0 Å². The quantitative estimate of drug-likeness (QED) is 0.622. The van der Waals surface area contributed by atoms with Gasteiger partial charge in [0.25, 0.3) is 5.91 Å². The summed E-state index contributed by atoms with van der Waals surface area (Å²) in [7, 11) is 0. The molecular weight excluding hydrogens is 384 g/mol. The summed E-state index contributed by atoms with van der Waals surface area (Å²) in [4.78, 5) is 30.9. The van der Waals surface area contributed by atoms with Crippen LogP contribution in [0.3, 0.4) is 0 Å². The van der Waals surface area contributed by atoms with Crippen molar-refractivity contribution >= 4 is 34.5 Å². The standard InChI is InChI=1S/C23H32N2O3S/c1-5-25(17-10-7-16(8-11-17)9-12-20(26)28-6-2)22-24-21(27)18-15-23(3,4)14-13-19(18)29-22/h7-8,10-11,18-19H,5-6,9,12-15H2,1-4H3. The Morgan fingerprint density at radius 1 is 1.28 bits per heavy atom. The van der Waals surface area contributed by atoms with Crippen LogP contribution in [0.5, 0.6) is 0 Å². The number of anilines is 1. The normalized spacial score (nSPS) is 23.2. The summed E-state index contributed by atoms with van der Waals surface area (Å²) in [5, 5.41) is 1.15. The number of carbonyl (C=O) groups is 2. The number of thioether (sulfide) groups is 1. The van der Waals surface area contributed by atoms with Crippen molar-refractivity contribution in [2.24, 2.45) is 16.3 Å². The van der Waals surface area contributed by atoms with Gasteiger partial charge < -0.3 is 9.64 Å². The smallest absolute Gasteiger partial charge is 0.306 e. The summed E-state index contributed by atoms with van der Waals surface area (Å²) in [5.41, 5.74) is 2.36. The zero-order valence-corrected chi connectivity index (χ0v) is 18.8. The number of amides is 1. The van der Waals surface area contributed by atoms with E-state index in [0.29, 0.717) is 24.7 Å². The van der Waals surface area contributed by atoms with Crippen molar-refractivity contribution < 1.29 is 14.3 Å². The molecule has 2 atom stereocenters. The van der Waals surface area contributed by atoms with Crippen molar-refractivity contribution in [2.75, 3.05) is 18.1 Å². The molecule has 0 spiro atoms. The molecule has 1 aromatic rings. The van der Waals surface area contributed by atoms with Gasteiger partial charge in [0.2, 0.25) is 0 Å². The molecule has 158 valence electrons. The van der Waals surface area contributed by atoms with Crippen molar-refractivity contribution in [3.8, 4) is 0 Å². The molecule has 5 nitrogen and oxygen atoms in total. The molecule has 0 N–H and O–H groups in total. The summed E-state index contributed by atoms with van der Waals surface area (Å²) in [6.07, 6.45) is 4.21. The van der Waals surface area contributed by atoms with Gasteiger partial charge in [-0.1, -0.05) is 37.7 Å². The molecule has 0 bridgehead atoms. The summed E-state index contributed by atoms with van der Waals surface area (Å²) < 4.78 is 4.99. The Morgan fingerprint density at radius 2 is 2.00 bits per heavy atom. The van der Waals surface area contributed by atoms with E-state index in [0.717, 1.165) is 42.2 Å². The van der Waals surface area contributed by atoms with Crippen LogP contribution in [0.15, 0.2) is 29.3 Å². The van der Waals surface area contributed by atoms with E-state index < -0.39 is 0 Å². The Morgan fingerprint density at radius 3 is 2.66 bits per heavy atom. The number of aryl methyl sites for hydroxylation is 1. The monoisotopic (exact) mass is 416 g/mol. The lowest BCUT2D eigenvalue weighted by atomic mass is 9.71. The lowest BCUT2D eigenvalue weighted by Crippen LogP contribution is -2.43. The van der Waals surface area contributed by atoms with Crippen LogP contribution in [0.25, 0.3) is 0 Å². The fourth-order valence-electron chi connectivity index (χ4n) is 4.16. The topological polar surface area (TPSA) is 59.0 Å².